The molecule has 200 valence electrons. The Hall–Kier alpha value is -1.84. The largest absolute Gasteiger partial charge is 0.462 e. The molecule has 4 aliphatic rings. The molecule has 0 aliphatic heterocycles. The molecular weight excluding hydrogens is 448 g/mol. The van der Waals surface area contributed by atoms with Crippen molar-refractivity contribution in [2.75, 3.05) is 0 Å². The van der Waals surface area contributed by atoms with Gasteiger partial charge >= 0.3 is 11.9 Å². The fraction of sp³-hybridized carbons (Fsp3) is 0.750. The van der Waals surface area contributed by atoms with E-state index < -0.39 is 0 Å². The highest BCUT2D eigenvalue weighted by atomic mass is 16.6. The molecule has 9 atom stereocenters. The van der Waals surface area contributed by atoms with Crippen molar-refractivity contribution >= 4 is 11.9 Å². The fourth-order valence-electron chi connectivity index (χ4n) is 8.31. The third-order valence-corrected chi connectivity index (χ3v) is 10.7. The van der Waals surface area contributed by atoms with E-state index in [1.807, 2.05) is 0 Å². The normalized spacial score (nSPS) is 39.4. The lowest BCUT2D eigenvalue weighted by atomic mass is 9.49. The number of carbonyl (C=O) groups is 2. The van der Waals surface area contributed by atoms with Crippen LogP contribution in [0.1, 0.15) is 93.9 Å². The van der Waals surface area contributed by atoms with Crippen molar-refractivity contribution in [1.82, 2.24) is 0 Å². The minimum absolute atomic E-state index is 0.230. The van der Waals surface area contributed by atoms with E-state index >= 15 is 0 Å². The molecule has 0 N–H and O–H groups in total. The minimum Gasteiger partial charge on any atom is -0.462 e. The fourth-order valence-corrected chi connectivity index (χ4v) is 8.31. The summed E-state index contributed by atoms with van der Waals surface area (Å²) in [5, 5.41) is 0. The Kier molecular flexibility index (Phi) is 7.66. The molecule has 0 aromatic heterocycles. The summed E-state index contributed by atoms with van der Waals surface area (Å²) >= 11 is 0. The van der Waals surface area contributed by atoms with E-state index in [9.17, 15) is 9.59 Å². The van der Waals surface area contributed by atoms with Crippen LogP contribution in [-0.2, 0) is 19.1 Å². The zero-order valence-corrected chi connectivity index (χ0v) is 23.8. The van der Waals surface area contributed by atoms with Gasteiger partial charge in [-0.2, -0.15) is 0 Å². The van der Waals surface area contributed by atoms with Crippen LogP contribution in [0.15, 0.2) is 35.5 Å². The number of hydrogen-bond donors (Lipinski definition) is 0. The predicted octanol–water partition coefficient (Wildman–Crippen LogP) is 7.44. The molecule has 3 saturated carbocycles. The second-order valence-electron chi connectivity index (χ2n) is 13.1. The lowest BCUT2D eigenvalue weighted by Crippen LogP contribution is -2.54. The molecule has 0 saturated heterocycles. The summed E-state index contributed by atoms with van der Waals surface area (Å²) in [6.45, 7) is 17.2. The molecule has 4 rings (SSSR count). The van der Waals surface area contributed by atoms with Crippen molar-refractivity contribution in [3.63, 3.8) is 0 Å². The maximum Gasteiger partial charge on any atom is 0.302 e. The molecular formula is C32H48O4. The van der Waals surface area contributed by atoms with E-state index in [0.717, 1.165) is 12.8 Å². The van der Waals surface area contributed by atoms with Gasteiger partial charge in [0.15, 0.2) is 0 Å². The Morgan fingerprint density at radius 3 is 2.28 bits per heavy atom. The average Bonchev–Trinajstić information content (AvgIpc) is 3.14. The van der Waals surface area contributed by atoms with Crippen LogP contribution in [0.2, 0.25) is 0 Å². The maximum atomic E-state index is 12.2. The van der Waals surface area contributed by atoms with Crippen LogP contribution in [0.5, 0.6) is 0 Å². The van der Waals surface area contributed by atoms with Gasteiger partial charge in [-0.3, -0.25) is 9.59 Å². The quantitative estimate of drug-likeness (QED) is 0.283. The molecule has 3 fully saturated rings. The van der Waals surface area contributed by atoms with Gasteiger partial charge < -0.3 is 9.47 Å². The highest BCUT2D eigenvalue weighted by molar-refractivity contribution is 5.67. The monoisotopic (exact) mass is 496 g/mol. The Morgan fingerprint density at radius 2 is 1.64 bits per heavy atom. The number of esters is 2. The van der Waals surface area contributed by atoms with E-state index in [-0.39, 0.29) is 29.6 Å². The van der Waals surface area contributed by atoms with Crippen molar-refractivity contribution in [3.05, 3.63) is 35.5 Å². The Labute approximate surface area is 219 Å². The van der Waals surface area contributed by atoms with E-state index in [4.69, 9.17) is 9.47 Å². The first kappa shape index (κ1) is 27.2. The summed E-state index contributed by atoms with van der Waals surface area (Å²) < 4.78 is 11.6. The first-order chi connectivity index (χ1) is 16.9. The van der Waals surface area contributed by atoms with E-state index in [1.165, 1.54) is 38.7 Å². The van der Waals surface area contributed by atoms with Gasteiger partial charge in [0.25, 0.3) is 0 Å². The molecule has 0 bridgehead atoms. The van der Waals surface area contributed by atoms with Gasteiger partial charge in [0.1, 0.15) is 12.2 Å². The van der Waals surface area contributed by atoms with Gasteiger partial charge in [0, 0.05) is 32.1 Å². The van der Waals surface area contributed by atoms with Crippen molar-refractivity contribution in [2.45, 2.75) is 106 Å². The maximum absolute atomic E-state index is 12.2. The summed E-state index contributed by atoms with van der Waals surface area (Å²) in [5.41, 5.74) is 2.93. The lowest BCUT2D eigenvalue weighted by molar-refractivity contribution is -0.165. The Morgan fingerprint density at radius 1 is 0.944 bits per heavy atom. The highest BCUT2D eigenvalue weighted by Gasteiger charge is 2.60. The molecule has 0 heterocycles. The topological polar surface area (TPSA) is 52.6 Å². The summed E-state index contributed by atoms with van der Waals surface area (Å²) in [6, 6.07) is 0. The zero-order valence-electron chi connectivity index (χ0n) is 23.8. The van der Waals surface area contributed by atoms with Crippen LogP contribution in [-0.4, -0.2) is 24.1 Å². The average molecular weight is 497 g/mol. The van der Waals surface area contributed by atoms with Gasteiger partial charge in [-0.05, 0) is 66.6 Å². The van der Waals surface area contributed by atoms with Gasteiger partial charge in [-0.25, -0.2) is 0 Å². The number of fused-ring (bicyclic) bond motifs is 5. The highest BCUT2D eigenvalue weighted by Crippen LogP contribution is 2.66. The summed E-state index contributed by atoms with van der Waals surface area (Å²) in [4.78, 5) is 23.9. The third kappa shape index (κ3) is 4.74. The zero-order chi connectivity index (χ0) is 26.4. The number of carbonyl (C=O) groups excluding carboxylic acids is 2. The second kappa shape index (κ2) is 10.1. The molecule has 36 heavy (non-hydrogen) atoms. The molecule has 0 unspecified atom stereocenters. The van der Waals surface area contributed by atoms with Crippen LogP contribution in [0.4, 0.5) is 0 Å². The van der Waals surface area contributed by atoms with Gasteiger partial charge in [0.2, 0.25) is 0 Å². The predicted molar refractivity (Wildman–Crippen MR) is 144 cm³/mol. The van der Waals surface area contributed by atoms with Crippen molar-refractivity contribution in [1.29, 1.82) is 0 Å². The van der Waals surface area contributed by atoms with E-state index in [0.29, 0.717) is 47.3 Å². The summed E-state index contributed by atoms with van der Waals surface area (Å²) in [5.74, 6) is 3.00. The van der Waals surface area contributed by atoms with Crippen LogP contribution in [0.3, 0.4) is 0 Å². The first-order valence-corrected chi connectivity index (χ1v) is 14.3. The molecule has 4 heteroatoms. The molecule has 0 radical (unpaired) electrons. The molecule has 0 spiro atoms. The summed E-state index contributed by atoms with van der Waals surface area (Å²) in [6.07, 6.45) is 15.3. The van der Waals surface area contributed by atoms with E-state index in [1.54, 1.807) is 5.57 Å². The third-order valence-electron chi connectivity index (χ3n) is 10.7. The van der Waals surface area contributed by atoms with E-state index in [2.05, 4.69) is 65.8 Å². The Bertz CT molecular complexity index is 957. The van der Waals surface area contributed by atoms with Crippen LogP contribution in [0, 0.1) is 46.3 Å². The lowest BCUT2D eigenvalue weighted by Gasteiger charge is -2.57. The number of ether oxygens (including phenoxy) is 2. The second-order valence-corrected chi connectivity index (χ2v) is 13.1. The van der Waals surface area contributed by atoms with Crippen LogP contribution < -0.4 is 0 Å². The number of rotatable bonds is 6. The number of allylic oxidation sites excluding steroid dienone is 5. The molecule has 0 aromatic carbocycles. The van der Waals surface area contributed by atoms with Gasteiger partial charge in [0.05, 0.1) is 0 Å². The SMILES string of the molecule is CC(=O)O[C@@H]1CC2=CC=C3[C@@H]4CC[C@H]([C@H](C)C=C[C@H](C)C(C)C)[C@@]4(C)CC[C@@H]3[C@@]2(C)[C@@H](OC(C)=O)C1. The standard InChI is InChI=1S/C32H48O4/c1-19(2)20(3)9-10-21(4)27-13-14-28-26-12-11-24-17-25(35-22(5)33)18-30(36-23(6)34)32(24,8)29(26)15-16-31(27,28)7/h9-12,19-21,25,27-30H,13-18H2,1-8H3/t20-,21+,25+,27+,28-,29-,30-,31+,32-/m0/s1. The number of hydrogen-bond acceptors (Lipinski definition) is 4. The molecule has 4 nitrogen and oxygen atoms in total. The summed E-state index contributed by atoms with van der Waals surface area (Å²) in [7, 11) is 0. The van der Waals surface area contributed by atoms with Crippen LogP contribution >= 0.6 is 0 Å². The molecule has 0 aromatic rings. The molecule has 4 aliphatic carbocycles. The first-order valence-electron chi connectivity index (χ1n) is 14.3. The Balaban J connectivity index is 1.62. The minimum atomic E-state index is -0.269. The van der Waals surface area contributed by atoms with Crippen molar-refractivity contribution in [2.24, 2.45) is 46.3 Å². The van der Waals surface area contributed by atoms with Crippen LogP contribution in [0.25, 0.3) is 0 Å². The van der Waals surface area contributed by atoms with Crippen molar-refractivity contribution < 1.29 is 19.1 Å². The van der Waals surface area contributed by atoms with Crippen molar-refractivity contribution in [3.8, 4) is 0 Å². The van der Waals surface area contributed by atoms with Gasteiger partial charge in [-0.15, -0.1) is 0 Å². The van der Waals surface area contributed by atoms with Gasteiger partial charge in [-0.1, -0.05) is 77.0 Å². The smallest absolute Gasteiger partial charge is 0.302 e. The molecule has 0 amide bonds.